The van der Waals surface area contributed by atoms with Gasteiger partial charge in [0.1, 0.15) is 11.6 Å². The molecular formula is C26H54NNaO9S3. The number of ketones is 2. The van der Waals surface area contributed by atoms with E-state index in [0.29, 0.717) is 23.7 Å². The average Bonchev–Trinajstić information content (AvgIpc) is 2.81. The summed E-state index contributed by atoms with van der Waals surface area (Å²) in [4.78, 5) is 50.5. The Bertz CT molecular complexity index is 649. The number of primary amides is 1. The molecule has 0 rings (SSSR count). The molecule has 236 valence electrons. The third-order valence-electron chi connectivity index (χ3n) is 3.50. The van der Waals surface area contributed by atoms with Crippen LogP contribution in [0.2, 0.25) is 0 Å². The molecule has 0 radical (unpaired) electrons. The van der Waals surface area contributed by atoms with Crippen molar-refractivity contribution in [1.82, 2.24) is 0 Å². The van der Waals surface area contributed by atoms with E-state index in [1.807, 2.05) is 20.8 Å². The standard InChI is InChI=1S/2C6H12O.C5H9NO2S.C5H10O2.C2H6O3S2.C2H6.Na/c2*1-3-4-5-6(2)7;1-4(7)9-3-2-5(6)8;1-2-3-4-5(6)7;3-7(4,5)2-1-6;1-2;/h2*3-5H2,1-2H3;2-3H2,1H3,(H2,6,8);2-4H2,1H3,(H,6,7);6H,1-2H2,(H,3,4,5);1-2H3;/q;;;;;;+1/p-1. The maximum Gasteiger partial charge on any atom is 1.00 e. The number of carboxylic acids is 1. The number of Topliss-reactive ketones (excluding diaryl/α,β-unsaturated/α-hetero) is 2. The molecule has 0 atom stereocenters. The SMILES string of the molecule is CC.CC(=O)SCCC(N)=O.CCCCC(=O)O.CCCCC(C)=O.CCCCC(C)=O.O=S(=O)([O-])CCS.[Na+]. The van der Waals surface area contributed by atoms with Crippen LogP contribution in [0.25, 0.3) is 0 Å². The number of carbonyl (C=O) groups is 5. The van der Waals surface area contributed by atoms with Crippen LogP contribution in [0.15, 0.2) is 0 Å². The minimum atomic E-state index is -4.00. The van der Waals surface area contributed by atoms with Crippen LogP contribution in [-0.4, -0.2) is 63.9 Å². The van der Waals surface area contributed by atoms with E-state index in [1.54, 1.807) is 13.8 Å². The Morgan fingerprint density at radius 1 is 0.800 bits per heavy atom. The molecule has 3 N–H and O–H groups in total. The Kier molecular flexibility index (Phi) is 63.2. The van der Waals surface area contributed by atoms with E-state index in [-0.39, 0.29) is 58.5 Å². The van der Waals surface area contributed by atoms with Gasteiger partial charge in [0.25, 0.3) is 0 Å². The van der Waals surface area contributed by atoms with Crippen molar-refractivity contribution in [3.63, 3.8) is 0 Å². The summed E-state index contributed by atoms with van der Waals surface area (Å²) in [6, 6.07) is 0. The normalized spacial score (nSPS) is 8.85. The first-order chi connectivity index (χ1) is 18.0. The minimum absolute atomic E-state index is 0. The van der Waals surface area contributed by atoms with Crippen LogP contribution < -0.4 is 35.3 Å². The number of nitrogens with two attached hydrogens (primary N) is 1. The van der Waals surface area contributed by atoms with E-state index in [2.05, 4.69) is 26.5 Å². The van der Waals surface area contributed by atoms with Gasteiger partial charge in [-0.25, -0.2) is 8.42 Å². The fourth-order valence-electron chi connectivity index (χ4n) is 1.59. The number of amides is 1. The zero-order valence-corrected chi connectivity index (χ0v) is 30.8. The molecule has 0 aliphatic rings. The number of carboxylic acid groups (broad SMARTS) is 1. The molecular weight excluding hydrogens is 589 g/mol. The molecule has 1 amide bonds. The first-order valence-electron chi connectivity index (χ1n) is 13.2. The number of hydrogen-bond acceptors (Lipinski definition) is 10. The van der Waals surface area contributed by atoms with Gasteiger partial charge in [-0.3, -0.25) is 14.4 Å². The van der Waals surface area contributed by atoms with Crippen molar-refractivity contribution in [1.29, 1.82) is 0 Å². The van der Waals surface area contributed by atoms with E-state index >= 15 is 0 Å². The number of aliphatic carboxylic acids is 1. The number of carbonyl (C=O) groups excluding carboxylic acids is 4. The van der Waals surface area contributed by atoms with Crippen LogP contribution in [0, 0.1) is 0 Å². The van der Waals surface area contributed by atoms with Crippen LogP contribution in [0.5, 0.6) is 0 Å². The summed E-state index contributed by atoms with van der Waals surface area (Å²) in [7, 11) is -4.00. The maximum absolute atomic E-state index is 10.2. The molecule has 0 aromatic heterocycles. The summed E-state index contributed by atoms with van der Waals surface area (Å²) in [5, 5.41) is 8.07. The summed E-state index contributed by atoms with van der Waals surface area (Å²) in [6.45, 7) is 14.9. The topological polar surface area (TPSA) is 189 Å². The van der Waals surface area contributed by atoms with Crippen molar-refractivity contribution >= 4 is 63.1 Å². The van der Waals surface area contributed by atoms with E-state index in [0.717, 1.165) is 63.1 Å². The molecule has 0 unspecified atom stereocenters. The number of rotatable bonds is 14. The second-order valence-electron chi connectivity index (χ2n) is 7.65. The van der Waals surface area contributed by atoms with Gasteiger partial charge in [0.05, 0.1) is 10.1 Å². The van der Waals surface area contributed by atoms with Gasteiger partial charge in [-0.1, -0.05) is 65.6 Å². The van der Waals surface area contributed by atoms with Crippen molar-refractivity contribution in [3.05, 3.63) is 0 Å². The van der Waals surface area contributed by atoms with Gasteiger partial charge in [0, 0.05) is 49.9 Å². The van der Waals surface area contributed by atoms with Crippen LogP contribution in [-0.2, 0) is 34.1 Å². The zero-order valence-electron chi connectivity index (χ0n) is 26.2. The molecule has 0 aliphatic carbocycles. The molecule has 0 heterocycles. The number of unbranched alkanes of at least 4 members (excludes halogenated alkanes) is 3. The Morgan fingerprint density at radius 3 is 1.27 bits per heavy atom. The van der Waals surface area contributed by atoms with Crippen molar-refractivity contribution in [2.24, 2.45) is 5.73 Å². The first kappa shape index (κ1) is 55.5. The Hall–Kier alpha value is -0.440. The number of hydrogen-bond donors (Lipinski definition) is 3. The molecule has 0 bridgehead atoms. The number of thiol groups is 1. The summed E-state index contributed by atoms with van der Waals surface area (Å²) >= 11 is 4.65. The van der Waals surface area contributed by atoms with E-state index in [1.165, 1.54) is 6.92 Å². The molecule has 0 aromatic rings. The largest absolute Gasteiger partial charge is 1.00 e. The Balaban J connectivity index is -0.0000000668. The molecule has 0 saturated heterocycles. The van der Waals surface area contributed by atoms with Crippen LogP contribution in [0.1, 0.15) is 120 Å². The molecule has 0 spiro atoms. The third-order valence-corrected chi connectivity index (χ3v) is 5.55. The van der Waals surface area contributed by atoms with Crippen LogP contribution in [0.4, 0.5) is 0 Å². The Labute approximate surface area is 275 Å². The summed E-state index contributed by atoms with van der Waals surface area (Å²) in [6.07, 6.45) is 8.24. The third kappa shape index (κ3) is 108. The second-order valence-corrected chi connectivity index (χ2v) is 10.9. The summed E-state index contributed by atoms with van der Waals surface area (Å²) in [5.74, 6) is -0.207. The van der Waals surface area contributed by atoms with E-state index < -0.39 is 16.1 Å². The second kappa shape index (κ2) is 45.5. The van der Waals surface area contributed by atoms with Gasteiger partial charge in [0.2, 0.25) is 5.91 Å². The quantitative estimate of drug-likeness (QED) is 0.144. The van der Waals surface area contributed by atoms with E-state index in [4.69, 9.17) is 10.8 Å². The monoisotopic (exact) mass is 643 g/mol. The average molecular weight is 644 g/mol. The van der Waals surface area contributed by atoms with Gasteiger partial charge in [-0.05, 0) is 33.1 Å². The molecule has 14 heteroatoms. The first-order valence-corrected chi connectivity index (χ1v) is 16.4. The van der Waals surface area contributed by atoms with Gasteiger partial charge < -0.3 is 25.0 Å². The fraction of sp³-hybridized carbons (Fsp3) is 0.808. The van der Waals surface area contributed by atoms with Crippen molar-refractivity contribution in [2.75, 3.05) is 17.3 Å². The molecule has 0 saturated carbocycles. The van der Waals surface area contributed by atoms with Crippen molar-refractivity contribution < 1.29 is 71.6 Å². The fourth-order valence-corrected chi connectivity index (χ4v) is 3.07. The summed E-state index contributed by atoms with van der Waals surface area (Å²) < 4.78 is 28.9. The molecule has 0 aliphatic heterocycles. The van der Waals surface area contributed by atoms with Crippen LogP contribution in [0.3, 0.4) is 0 Å². The minimum Gasteiger partial charge on any atom is -0.748 e. The molecule has 0 aromatic carbocycles. The molecule has 10 nitrogen and oxygen atoms in total. The van der Waals surface area contributed by atoms with Crippen LogP contribution >= 0.6 is 24.4 Å². The van der Waals surface area contributed by atoms with Gasteiger partial charge in [0.15, 0.2) is 5.12 Å². The molecule has 40 heavy (non-hydrogen) atoms. The van der Waals surface area contributed by atoms with Gasteiger partial charge >= 0.3 is 35.5 Å². The predicted octanol–water partition coefficient (Wildman–Crippen LogP) is 2.43. The Morgan fingerprint density at radius 2 is 1.15 bits per heavy atom. The smallest absolute Gasteiger partial charge is 0.748 e. The number of thioether (sulfide) groups is 1. The predicted molar refractivity (Wildman–Crippen MR) is 164 cm³/mol. The van der Waals surface area contributed by atoms with Crippen molar-refractivity contribution in [3.8, 4) is 0 Å². The van der Waals surface area contributed by atoms with Gasteiger partial charge in [-0.15, -0.1) is 0 Å². The maximum atomic E-state index is 10.2. The zero-order chi connectivity index (χ0) is 32.3. The molecule has 0 fully saturated rings. The van der Waals surface area contributed by atoms with Gasteiger partial charge in [-0.2, -0.15) is 12.6 Å². The summed E-state index contributed by atoms with van der Waals surface area (Å²) in [5.41, 5.74) is 4.82. The van der Waals surface area contributed by atoms with Crippen molar-refractivity contribution in [2.45, 2.75) is 120 Å². The van der Waals surface area contributed by atoms with E-state index in [9.17, 15) is 36.9 Å².